The van der Waals surface area contributed by atoms with E-state index in [0.29, 0.717) is 22.2 Å². The van der Waals surface area contributed by atoms with Crippen molar-refractivity contribution in [3.05, 3.63) is 34.1 Å². The topological polar surface area (TPSA) is 64.4 Å². The second-order valence-electron chi connectivity index (χ2n) is 4.91. The third-order valence-corrected chi connectivity index (χ3v) is 6.00. The summed E-state index contributed by atoms with van der Waals surface area (Å²) in [5.74, 6) is 0.394. The van der Waals surface area contributed by atoms with Crippen molar-refractivity contribution in [2.75, 3.05) is 17.5 Å². The van der Waals surface area contributed by atoms with Crippen molar-refractivity contribution >= 4 is 38.9 Å². The summed E-state index contributed by atoms with van der Waals surface area (Å²) in [6.45, 7) is 2.09. The highest BCUT2D eigenvalue weighted by atomic mass is 35.5. The number of halogens is 2. The standard InChI is InChI=1S/C13H13Cl2N3O3S/c1-8-13(7-17(2)16-8)22(19,20)18-3-4-21-12-6-10(15)9(14)5-11(12)18/h5-7H,3-4H2,1-2H3. The molecule has 0 aliphatic carbocycles. The highest BCUT2D eigenvalue weighted by Crippen LogP contribution is 2.40. The SMILES string of the molecule is Cc1nn(C)cc1S(=O)(=O)N1CCOc2cc(Cl)c(Cl)cc21. The van der Waals surface area contributed by atoms with Crippen LogP contribution in [0, 0.1) is 6.92 Å². The van der Waals surface area contributed by atoms with Gasteiger partial charge in [-0.25, -0.2) is 8.42 Å². The zero-order valence-corrected chi connectivity index (χ0v) is 14.2. The summed E-state index contributed by atoms with van der Waals surface area (Å²) in [7, 11) is -2.07. The lowest BCUT2D eigenvalue weighted by Gasteiger charge is -2.30. The summed E-state index contributed by atoms with van der Waals surface area (Å²) in [6.07, 6.45) is 1.48. The maximum atomic E-state index is 12.9. The van der Waals surface area contributed by atoms with Crippen molar-refractivity contribution in [1.82, 2.24) is 9.78 Å². The van der Waals surface area contributed by atoms with Gasteiger partial charge in [0.15, 0.2) is 0 Å². The minimum atomic E-state index is -3.75. The first-order chi connectivity index (χ1) is 10.3. The Labute approximate surface area is 138 Å². The van der Waals surface area contributed by atoms with Crippen LogP contribution in [0.2, 0.25) is 10.0 Å². The minimum Gasteiger partial charge on any atom is -0.489 e. The first kappa shape index (κ1) is 15.5. The molecule has 1 aromatic heterocycles. The summed E-state index contributed by atoms with van der Waals surface area (Å²) >= 11 is 12.0. The largest absolute Gasteiger partial charge is 0.489 e. The van der Waals surface area contributed by atoms with Crippen LogP contribution in [0.25, 0.3) is 0 Å². The van der Waals surface area contributed by atoms with E-state index < -0.39 is 10.0 Å². The second kappa shape index (κ2) is 5.33. The Morgan fingerprint density at radius 3 is 2.59 bits per heavy atom. The summed E-state index contributed by atoms with van der Waals surface area (Å²) in [5.41, 5.74) is 0.819. The summed E-state index contributed by atoms with van der Waals surface area (Å²) in [6, 6.07) is 3.03. The van der Waals surface area contributed by atoms with Crippen LogP contribution in [0.4, 0.5) is 5.69 Å². The van der Waals surface area contributed by atoms with E-state index in [9.17, 15) is 8.42 Å². The molecule has 22 heavy (non-hydrogen) atoms. The van der Waals surface area contributed by atoms with E-state index in [1.807, 2.05) is 0 Å². The van der Waals surface area contributed by atoms with E-state index >= 15 is 0 Å². The smallest absolute Gasteiger partial charge is 0.267 e. The van der Waals surface area contributed by atoms with Gasteiger partial charge in [0.1, 0.15) is 17.3 Å². The van der Waals surface area contributed by atoms with Crippen LogP contribution in [-0.4, -0.2) is 31.3 Å². The predicted octanol–water partition coefficient (Wildman–Crippen LogP) is 2.62. The molecule has 118 valence electrons. The second-order valence-corrected chi connectivity index (χ2v) is 7.56. The lowest BCUT2D eigenvalue weighted by molar-refractivity contribution is 0.316. The first-order valence-corrected chi connectivity index (χ1v) is 8.65. The van der Waals surface area contributed by atoms with Crippen LogP contribution in [0.3, 0.4) is 0 Å². The Hall–Kier alpha value is -1.44. The maximum absolute atomic E-state index is 12.9. The van der Waals surface area contributed by atoms with Crippen LogP contribution in [0.5, 0.6) is 5.75 Å². The van der Waals surface area contributed by atoms with Crippen LogP contribution in [0.15, 0.2) is 23.2 Å². The van der Waals surface area contributed by atoms with Gasteiger partial charge in [0, 0.05) is 19.3 Å². The quantitative estimate of drug-likeness (QED) is 0.824. The van der Waals surface area contributed by atoms with E-state index in [4.69, 9.17) is 27.9 Å². The third kappa shape index (κ3) is 2.43. The zero-order valence-electron chi connectivity index (χ0n) is 11.9. The van der Waals surface area contributed by atoms with E-state index in [-0.39, 0.29) is 23.1 Å². The van der Waals surface area contributed by atoms with E-state index in [1.54, 1.807) is 14.0 Å². The minimum absolute atomic E-state index is 0.161. The average Bonchev–Trinajstić information content (AvgIpc) is 2.79. The highest BCUT2D eigenvalue weighted by molar-refractivity contribution is 7.92. The number of fused-ring (bicyclic) bond motifs is 1. The maximum Gasteiger partial charge on any atom is 0.267 e. The zero-order chi connectivity index (χ0) is 16.1. The molecule has 0 unspecified atom stereocenters. The van der Waals surface area contributed by atoms with Gasteiger partial charge in [-0.15, -0.1) is 0 Å². The van der Waals surface area contributed by atoms with Gasteiger partial charge in [-0.3, -0.25) is 8.99 Å². The summed E-state index contributed by atoms with van der Waals surface area (Å²) in [4.78, 5) is 0.161. The molecule has 1 aliphatic heterocycles. The highest BCUT2D eigenvalue weighted by Gasteiger charge is 2.33. The fraction of sp³-hybridized carbons (Fsp3) is 0.308. The number of ether oxygens (including phenoxy) is 1. The molecule has 2 aromatic rings. The number of rotatable bonds is 2. The molecule has 0 saturated heterocycles. The number of nitrogens with zero attached hydrogens (tertiary/aromatic N) is 3. The number of aryl methyl sites for hydroxylation is 2. The van der Waals surface area contributed by atoms with Gasteiger partial charge in [0.25, 0.3) is 10.0 Å². The fourth-order valence-corrected chi connectivity index (χ4v) is 4.35. The third-order valence-electron chi connectivity index (χ3n) is 3.36. The number of aromatic nitrogens is 2. The molecule has 1 aromatic carbocycles. The van der Waals surface area contributed by atoms with Crippen molar-refractivity contribution in [3.8, 4) is 5.75 Å². The molecule has 0 spiro atoms. The molecule has 9 heteroatoms. The lowest BCUT2D eigenvalue weighted by atomic mass is 10.2. The number of sulfonamides is 1. The van der Waals surface area contributed by atoms with Gasteiger partial charge in [-0.1, -0.05) is 23.2 Å². The van der Waals surface area contributed by atoms with Gasteiger partial charge < -0.3 is 4.74 Å². The van der Waals surface area contributed by atoms with Gasteiger partial charge in [0.05, 0.1) is 28.0 Å². The Balaban J connectivity index is 2.15. The van der Waals surface area contributed by atoms with Crippen LogP contribution >= 0.6 is 23.2 Å². The molecule has 2 heterocycles. The average molecular weight is 362 g/mol. The first-order valence-electron chi connectivity index (χ1n) is 6.45. The van der Waals surface area contributed by atoms with Gasteiger partial charge in [-0.05, 0) is 13.0 Å². The van der Waals surface area contributed by atoms with Crippen LogP contribution in [0.1, 0.15) is 5.69 Å². The molecule has 0 amide bonds. The number of hydrogen-bond acceptors (Lipinski definition) is 4. The molecule has 0 N–H and O–H groups in total. The van der Waals surface area contributed by atoms with E-state index in [1.165, 1.54) is 27.3 Å². The van der Waals surface area contributed by atoms with Crippen LogP contribution in [-0.2, 0) is 17.1 Å². The molecule has 1 aliphatic rings. The molecule has 3 rings (SSSR count). The normalized spacial score (nSPS) is 14.6. The Kier molecular flexibility index (Phi) is 3.74. The molecular weight excluding hydrogens is 349 g/mol. The molecule has 0 radical (unpaired) electrons. The molecular formula is C13H13Cl2N3O3S. The van der Waals surface area contributed by atoms with Crippen molar-refractivity contribution in [3.63, 3.8) is 0 Å². The summed E-state index contributed by atoms with van der Waals surface area (Å²) in [5, 5.41) is 4.68. The number of anilines is 1. The van der Waals surface area contributed by atoms with E-state index in [2.05, 4.69) is 5.10 Å². The van der Waals surface area contributed by atoms with Gasteiger partial charge >= 0.3 is 0 Å². The summed E-state index contributed by atoms with van der Waals surface area (Å²) < 4.78 is 34.1. The monoisotopic (exact) mass is 361 g/mol. The molecule has 0 atom stereocenters. The Morgan fingerprint density at radius 1 is 1.27 bits per heavy atom. The van der Waals surface area contributed by atoms with Crippen molar-refractivity contribution in [2.24, 2.45) is 7.05 Å². The Morgan fingerprint density at radius 2 is 1.95 bits per heavy atom. The van der Waals surface area contributed by atoms with Crippen molar-refractivity contribution < 1.29 is 13.2 Å². The number of benzene rings is 1. The molecule has 0 fully saturated rings. The lowest BCUT2D eigenvalue weighted by Crippen LogP contribution is -2.38. The number of hydrogen-bond donors (Lipinski definition) is 0. The molecule has 6 nitrogen and oxygen atoms in total. The van der Waals surface area contributed by atoms with Gasteiger partial charge in [0.2, 0.25) is 0 Å². The van der Waals surface area contributed by atoms with Crippen LogP contribution < -0.4 is 9.04 Å². The Bertz CT molecular complexity index is 848. The van der Waals surface area contributed by atoms with Gasteiger partial charge in [-0.2, -0.15) is 5.10 Å². The van der Waals surface area contributed by atoms with E-state index in [0.717, 1.165) is 0 Å². The van der Waals surface area contributed by atoms with Crippen molar-refractivity contribution in [2.45, 2.75) is 11.8 Å². The fourth-order valence-electron chi connectivity index (χ4n) is 2.39. The molecule has 0 bridgehead atoms. The van der Waals surface area contributed by atoms with Crippen molar-refractivity contribution in [1.29, 1.82) is 0 Å². The predicted molar refractivity (Wildman–Crippen MR) is 84.4 cm³/mol. The molecule has 0 saturated carbocycles.